The van der Waals surface area contributed by atoms with Gasteiger partial charge in [0.15, 0.2) is 5.78 Å². The number of ketones is 1. The number of carbonyl (C=O) groups is 1. The van der Waals surface area contributed by atoms with Crippen LogP contribution in [0.1, 0.15) is 30.8 Å². The molecule has 4 heteroatoms. The van der Waals surface area contributed by atoms with Crippen LogP contribution in [0.15, 0.2) is 12.3 Å². The van der Waals surface area contributed by atoms with Crippen LogP contribution in [0.3, 0.4) is 0 Å². The van der Waals surface area contributed by atoms with Crippen molar-refractivity contribution < 1.29 is 9.18 Å². The number of hydrogen-bond acceptors (Lipinski definition) is 2. The normalized spacial score (nSPS) is 12.8. The van der Waals surface area contributed by atoms with E-state index in [1.807, 2.05) is 0 Å². The monoisotopic (exact) mass is 184 g/mol. The predicted molar refractivity (Wildman–Crippen MR) is 47.4 cm³/mol. The summed E-state index contributed by atoms with van der Waals surface area (Å²) in [6.45, 7) is 3.43. The minimum Gasteiger partial charge on any atom is -0.293 e. The van der Waals surface area contributed by atoms with Crippen molar-refractivity contribution in [2.24, 2.45) is 0 Å². The third-order valence-electron chi connectivity index (χ3n) is 1.82. The Kier molecular flexibility index (Phi) is 3.17. The second-order valence-electron chi connectivity index (χ2n) is 3.07. The smallest absolute Gasteiger partial charge is 0.177 e. The number of aromatic nitrogens is 2. The third kappa shape index (κ3) is 2.65. The molecule has 0 spiro atoms. The molecule has 0 fully saturated rings. The van der Waals surface area contributed by atoms with Crippen molar-refractivity contribution in [1.29, 1.82) is 0 Å². The molecule has 0 N–H and O–H groups in total. The molecule has 3 nitrogen and oxygen atoms in total. The average molecular weight is 184 g/mol. The standard InChI is InChI=1S/C9H13FN2O/c1-7(10)4-6-12-9(8(2)13)3-5-11-12/h3,5,7H,4,6H2,1-2H3. The highest BCUT2D eigenvalue weighted by Crippen LogP contribution is 2.04. The molecular formula is C9H13FN2O. The number of rotatable bonds is 4. The molecule has 0 aliphatic rings. The van der Waals surface area contributed by atoms with Crippen LogP contribution < -0.4 is 0 Å². The van der Waals surface area contributed by atoms with Gasteiger partial charge in [-0.3, -0.25) is 9.48 Å². The van der Waals surface area contributed by atoms with Crippen molar-refractivity contribution in [2.45, 2.75) is 33.0 Å². The molecule has 0 aliphatic heterocycles. The van der Waals surface area contributed by atoms with E-state index in [2.05, 4.69) is 5.10 Å². The lowest BCUT2D eigenvalue weighted by Gasteiger charge is -2.05. The molecule has 1 heterocycles. The molecular weight excluding hydrogens is 171 g/mol. The van der Waals surface area contributed by atoms with Gasteiger partial charge in [0, 0.05) is 19.7 Å². The summed E-state index contributed by atoms with van der Waals surface area (Å²) in [6.07, 6.45) is 1.09. The molecule has 0 aromatic carbocycles. The SMILES string of the molecule is CC(=O)c1ccnn1CCC(C)F. The summed E-state index contributed by atoms with van der Waals surface area (Å²) in [5, 5.41) is 3.94. The molecule has 13 heavy (non-hydrogen) atoms. The van der Waals surface area contributed by atoms with Crippen LogP contribution in [0.25, 0.3) is 0 Å². The zero-order chi connectivity index (χ0) is 9.84. The van der Waals surface area contributed by atoms with Gasteiger partial charge in [0.25, 0.3) is 0 Å². The number of aryl methyl sites for hydroxylation is 1. The Morgan fingerprint density at radius 3 is 3.00 bits per heavy atom. The van der Waals surface area contributed by atoms with E-state index in [1.54, 1.807) is 16.9 Å². The molecule has 1 aromatic heterocycles. The Morgan fingerprint density at radius 2 is 2.46 bits per heavy atom. The lowest BCUT2D eigenvalue weighted by molar-refractivity contribution is 0.100. The zero-order valence-electron chi connectivity index (χ0n) is 7.83. The van der Waals surface area contributed by atoms with Crippen LogP contribution in [0, 0.1) is 0 Å². The van der Waals surface area contributed by atoms with Gasteiger partial charge in [-0.05, 0) is 19.4 Å². The van der Waals surface area contributed by atoms with Crippen LogP contribution in [0.2, 0.25) is 0 Å². The molecule has 1 aromatic rings. The summed E-state index contributed by atoms with van der Waals surface area (Å²) in [6, 6.07) is 1.64. The largest absolute Gasteiger partial charge is 0.293 e. The fraction of sp³-hybridized carbons (Fsp3) is 0.556. The molecule has 1 rings (SSSR count). The molecule has 0 radical (unpaired) electrons. The number of halogens is 1. The van der Waals surface area contributed by atoms with Crippen molar-refractivity contribution in [1.82, 2.24) is 9.78 Å². The summed E-state index contributed by atoms with van der Waals surface area (Å²) < 4.78 is 14.0. The maximum Gasteiger partial charge on any atom is 0.177 e. The number of carbonyl (C=O) groups excluding carboxylic acids is 1. The fourth-order valence-electron chi connectivity index (χ4n) is 1.11. The van der Waals surface area contributed by atoms with E-state index >= 15 is 0 Å². The van der Waals surface area contributed by atoms with Gasteiger partial charge in [0.2, 0.25) is 0 Å². The van der Waals surface area contributed by atoms with Crippen LogP contribution in [0.4, 0.5) is 4.39 Å². The molecule has 0 aliphatic carbocycles. The van der Waals surface area contributed by atoms with Crippen molar-refractivity contribution >= 4 is 5.78 Å². The highest BCUT2D eigenvalue weighted by atomic mass is 19.1. The molecule has 72 valence electrons. The van der Waals surface area contributed by atoms with E-state index in [4.69, 9.17) is 0 Å². The van der Waals surface area contributed by atoms with Gasteiger partial charge in [-0.1, -0.05) is 0 Å². The Labute approximate surface area is 76.6 Å². The maximum absolute atomic E-state index is 12.5. The van der Waals surface area contributed by atoms with Gasteiger partial charge in [-0.2, -0.15) is 5.10 Å². The lowest BCUT2D eigenvalue weighted by atomic mass is 10.3. The number of hydrogen-bond donors (Lipinski definition) is 0. The van der Waals surface area contributed by atoms with Gasteiger partial charge in [0.1, 0.15) is 5.69 Å². The van der Waals surface area contributed by atoms with Crippen LogP contribution in [0.5, 0.6) is 0 Å². The first-order valence-electron chi connectivity index (χ1n) is 4.28. The first-order valence-corrected chi connectivity index (χ1v) is 4.28. The Morgan fingerprint density at radius 1 is 1.77 bits per heavy atom. The third-order valence-corrected chi connectivity index (χ3v) is 1.82. The summed E-state index contributed by atoms with van der Waals surface area (Å²) in [5.74, 6) is -0.0380. The second kappa shape index (κ2) is 4.16. The van der Waals surface area contributed by atoms with Crippen molar-refractivity contribution in [2.75, 3.05) is 0 Å². The maximum atomic E-state index is 12.5. The molecule has 0 saturated carbocycles. The van der Waals surface area contributed by atoms with E-state index < -0.39 is 6.17 Å². The van der Waals surface area contributed by atoms with E-state index in [1.165, 1.54) is 13.8 Å². The number of Topliss-reactive ketones (excluding diaryl/α,β-unsaturated/α-hetero) is 1. The first kappa shape index (κ1) is 9.89. The molecule has 0 amide bonds. The molecule has 0 bridgehead atoms. The van der Waals surface area contributed by atoms with Crippen molar-refractivity contribution in [3.63, 3.8) is 0 Å². The summed E-state index contributed by atoms with van der Waals surface area (Å²) >= 11 is 0. The van der Waals surface area contributed by atoms with Gasteiger partial charge >= 0.3 is 0 Å². The highest BCUT2D eigenvalue weighted by molar-refractivity contribution is 5.92. The predicted octanol–water partition coefficient (Wildman–Crippen LogP) is 1.83. The van der Waals surface area contributed by atoms with Crippen molar-refractivity contribution in [3.05, 3.63) is 18.0 Å². The van der Waals surface area contributed by atoms with Gasteiger partial charge in [-0.15, -0.1) is 0 Å². The van der Waals surface area contributed by atoms with E-state index in [0.717, 1.165) is 0 Å². The number of alkyl halides is 1. The van der Waals surface area contributed by atoms with Gasteiger partial charge < -0.3 is 0 Å². The Balaban J connectivity index is 2.65. The zero-order valence-corrected chi connectivity index (χ0v) is 7.83. The Bertz CT molecular complexity index is 294. The minimum absolute atomic E-state index is 0.0380. The highest BCUT2D eigenvalue weighted by Gasteiger charge is 2.07. The second-order valence-corrected chi connectivity index (χ2v) is 3.07. The quantitative estimate of drug-likeness (QED) is 0.669. The van der Waals surface area contributed by atoms with Gasteiger partial charge in [0.05, 0.1) is 6.17 Å². The average Bonchev–Trinajstić information content (AvgIpc) is 2.47. The molecule has 1 unspecified atom stereocenters. The van der Waals surface area contributed by atoms with E-state index in [0.29, 0.717) is 18.7 Å². The van der Waals surface area contributed by atoms with Crippen molar-refractivity contribution in [3.8, 4) is 0 Å². The minimum atomic E-state index is -0.857. The topological polar surface area (TPSA) is 34.9 Å². The summed E-state index contributed by atoms with van der Waals surface area (Å²) in [4.78, 5) is 11.0. The van der Waals surface area contributed by atoms with Gasteiger partial charge in [-0.25, -0.2) is 4.39 Å². The molecule has 1 atom stereocenters. The first-order chi connectivity index (χ1) is 6.11. The number of nitrogens with zero attached hydrogens (tertiary/aromatic N) is 2. The van der Waals surface area contributed by atoms with E-state index in [-0.39, 0.29) is 5.78 Å². The van der Waals surface area contributed by atoms with Crippen LogP contribution in [-0.4, -0.2) is 21.7 Å². The lowest BCUT2D eigenvalue weighted by Crippen LogP contribution is -2.10. The van der Waals surface area contributed by atoms with Crippen LogP contribution in [-0.2, 0) is 6.54 Å². The molecule has 0 saturated heterocycles. The summed E-state index contributed by atoms with van der Waals surface area (Å²) in [7, 11) is 0. The van der Waals surface area contributed by atoms with E-state index in [9.17, 15) is 9.18 Å². The summed E-state index contributed by atoms with van der Waals surface area (Å²) in [5.41, 5.74) is 0.542. The Hall–Kier alpha value is -1.19. The van der Waals surface area contributed by atoms with Crippen LogP contribution >= 0.6 is 0 Å². The fourth-order valence-corrected chi connectivity index (χ4v) is 1.11.